The Balaban J connectivity index is 1.59. The SMILES string of the molecule is CCCc1nc(C2(CC)CCC(C)(NC3CC3)CC2)n2c1cnc1[nH]ccc12. The summed E-state index contributed by atoms with van der Waals surface area (Å²) in [6.45, 7) is 7.02. The first kappa shape index (κ1) is 18.2. The number of aromatic nitrogens is 4. The first-order chi connectivity index (χ1) is 13.6. The molecule has 0 amide bonds. The van der Waals surface area contributed by atoms with Crippen molar-refractivity contribution >= 4 is 16.7 Å². The number of aromatic amines is 1. The molecule has 0 spiro atoms. The third kappa shape index (κ3) is 2.86. The number of hydrogen-bond acceptors (Lipinski definition) is 3. The Morgan fingerprint density at radius 3 is 2.64 bits per heavy atom. The molecule has 0 saturated heterocycles. The van der Waals surface area contributed by atoms with Gasteiger partial charge in [-0.2, -0.15) is 0 Å². The van der Waals surface area contributed by atoms with Crippen LogP contribution < -0.4 is 5.32 Å². The molecule has 0 aromatic carbocycles. The largest absolute Gasteiger partial charge is 0.345 e. The van der Waals surface area contributed by atoms with E-state index in [1.54, 1.807) is 0 Å². The summed E-state index contributed by atoms with van der Waals surface area (Å²) in [5, 5.41) is 3.93. The highest BCUT2D eigenvalue weighted by molar-refractivity contribution is 5.76. The van der Waals surface area contributed by atoms with Crippen molar-refractivity contribution in [3.8, 4) is 0 Å². The zero-order chi connectivity index (χ0) is 19.4. The van der Waals surface area contributed by atoms with Crippen molar-refractivity contribution in [3.05, 3.63) is 30.0 Å². The molecular formula is C23H33N5. The molecule has 3 aromatic rings. The first-order valence-corrected chi connectivity index (χ1v) is 11.2. The van der Waals surface area contributed by atoms with Crippen molar-refractivity contribution in [2.24, 2.45) is 0 Å². The van der Waals surface area contributed by atoms with E-state index >= 15 is 0 Å². The first-order valence-electron chi connectivity index (χ1n) is 11.2. The quantitative estimate of drug-likeness (QED) is 0.641. The molecule has 2 fully saturated rings. The van der Waals surface area contributed by atoms with E-state index in [4.69, 9.17) is 4.98 Å². The maximum absolute atomic E-state index is 5.29. The highest BCUT2D eigenvalue weighted by atomic mass is 15.1. The summed E-state index contributed by atoms with van der Waals surface area (Å²) in [5.74, 6) is 1.27. The van der Waals surface area contributed by atoms with Crippen LogP contribution in [-0.2, 0) is 11.8 Å². The van der Waals surface area contributed by atoms with Crippen molar-refractivity contribution < 1.29 is 0 Å². The van der Waals surface area contributed by atoms with Gasteiger partial charge >= 0.3 is 0 Å². The van der Waals surface area contributed by atoms with Gasteiger partial charge in [0.05, 0.1) is 22.9 Å². The minimum absolute atomic E-state index is 0.158. The van der Waals surface area contributed by atoms with Gasteiger partial charge in [-0.15, -0.1) is 0 Å². The standard InChI is InChI=1S/C23H33N5/c1-4-6-17-19-15-25-20-18(9-14-24-20)28(19)21(26-17)23(5-2)12-10-22(3,11-13-23)27-16-7-8-16/h9,14-16,24,27H,4-8,10-13H2,1-3H3. The molecule has 0 aliphatic heterocycles. The molecule has 5 heteroatoms. The number of nitrogens with one attached hydrogen (secondary N) is 2. The summed E-state index contributed by atoms with van der Waals surface area (Å²) in [6, 6.07) is 2.93. The van der Waals surface area contributed by atoms with Gasteiger partial charge in [0.2, 0.25) is 0 Å². The van der Waals surface area contributed by atoms with Gasteiger partial charge < -0.3 is 10.3 Å². The van der Waals surface area contributed by atoms with Crippen molar-refractivity contribution in [2.75, 3.05) is 0 Å². The molecular weight excluding hydrogens is 346 g/mol. The van der Waals surface area contributed by atoms with E-state index in [9.17, 15) is 0 Å². The summed E-state index contributed by atoms with van der Waals surface area (Å²) in [7, 11) is 0. The summed E-state index contributed by atoms with van der Waals surface area (Å²) in [4.78, 5) is 13.2. The Kier molecular flexibility index (Phi) is 4.27. The molecule has 2 aliphatic rings. The van der Waals surface area contributed by atoms with E-state index in [1.165, 1.54) is 61.1 Å². The lowest BCUT2D eigenvalue weighted by Gasteiger charge is -2.44. The van der Waals surface area contributed by atoms with E-state index < -0.39 is 0 Å². The average molecular weight is 380 g/mol. The van der Waals surface area contributed by atoms with Gasteiger partial charge in [-0.1, -0.05) is 20.3 Å². The van der Waals surface area contributed by atoms with Gasteiger partial charge in [0.15, 0.2) is 5.65 Å². The number of imidazole rings is 1. The molecule has 0 unspecified atom stereocenters. The van der Waals surface area contributed by atoms with Crippen LogP contribution in [0.3, 0.4) is 0 Å². The molecule has 3 aromatic heterocycles. The van der Waals surface area contributed by atoms with Gasteiger partial charge in [-0.05, 0) is 64.4 Å². The Labute approximate surface area is 167 Å². The van der Waals surface area contributed by atoms with Gasteiger partial charge in [0.25, 0.3) is 0 Å². The highest BCUT2D eigenvalue weighted by Gasteiger charge is 2.44. The lowest BCUT2D eigenvalue weighted by atomic mass is 9.66. The number of rotatable bonds is 6. The van der Waals surface area contributed by atoms with E-state index in [2.05, 4.69) is 46.5 Å². The topological polar surface area (TPSA) is 58.0 Å². The third-order valence-corrected chi connectivity index (χ3v) is 7.33. The number of nitrogens with zero attached hydrogens (tertiary/aromatic N) is 3. The maximum Gasteiger partial charge on any atom is 0.154 e. The van der Waals surface area contributed by atoms with Crippen molar-refractivity contribution in [3.63, 3.8) is 0 Å². The molecule has 150 valence electrons. The van der Waals surface area contributed by atoms with E-state index in [-0.39, 0.29) is 5.41 Å². The van der Waals surface area contributed by atoms with E-state index in [0.29, 0.717) is 5.54 Å². The fourth-order valence-electron chi connectivity index (χ4n) is 5.27. The lowest BCUT2D eigenvalue weighted by molar-refractivity contribution is 0.164. The normalized spacial score (nSPS) is 28.4. The Morgan fingerprint density at radius 2 is 1.96 bits per heavy atom. The van der Waals surface area contributed by atoms with Gasteiger partial charge in [0, 0.05) is 23.2 Å². The van der Waals surface area contributed by atoms with E-state index in [1.807, 2.05) is 12.4 Å². The van der Waals surface area contributed by atoms with Crippen LogP contribution in [0.15, 0.2) is 18.5 Å². The highest BCUT2D eigenvalue weighted by Crippen LogP contribution is 2.46. The molecule has 5 rings (SSSR count). The zero-order valence-electron chi connectivity index (χ0n) is 17.5. The van der Waals surface area contributed by atoms with Crippen molar-refractivity contribution in [1.82, 2.24) is 24.7 Å². The van der Waals surface area contributed by atoms with Crippen LogP contribution in [-0.4, -0.2) is 30.9 Å². The Morgan fingerprint density at radius 1 is 1.18 bits per heavy atom. The minimum Gasteiger partial charge on any atom is -0.345 e. The second-order valence-corrected chi connectivity index (χ2v) is 9.44. The monoisotopic (exact) mass is 379 g/mol. The summed E-state index contributed by atoms with van der Waals surface area (Å²) in [6.07, 6.45) is 14.9. The van der Waals surface area contributed by atoms with Crippen molar-refractivity contribution in [2.45, 2.75) is 95.6 Å². The zero-order valence-corrected chi connectivity index (χ0v) is 17.5. The van der Waals surface area contributed by atoms with Crippen LogP contribution >= 0.6 is 0 Å². The molecule has 3 heterocycles. The van der Waals surface area contributed by atoms with Gasteiger partial charge in [-0.25, -0.2) is 9.97 Å². The maximum atomic E-state index is 5.29. The van der Waals surface area contributed by atoms with Crippen LogP contribution in [0.25, 0.3) is 16.7 Å². The molecule has 2 N–H and O–H groups in total. The van der Waals surface area contributed by atoms with Gasteiger partial charge in [-0.3, -0.25) is 4.40 Å². The summed E-state index contributed by atoms with van der Waals surface area (Å²) >= 11 is 0. The summed E-state index contributed by atoms with van der Waals surface area (Å²) in [5.41, 5.74) is 4.98. The average Bonchev–Trinajstić information content (AvgIpc) is 3.23. The third-order valence-electron chi connectivity index (χ3n) is 7.33. The van der Waals surface area contributed by atoms with Crippen molar-refractivity contribution in [1.29, 1.82) is 0 Å². The summed E-state index contributed by atoms with van der Waals surface area (Å²) < 4.78 is 2.42. The Bertz CT molecular complexity index is 985. The lowest BCUT2D eigenvalue weighted by Crippen LogP contribution is -2.50. The molecule has 28 heavy (non-hydrogen) atoms. The Hall–Kier alpha value is -1.88. The predicted octanol–water partition coefficient (Wildman–Crippen LogP) is 4.90. The number of hydrogen-bond donors (Lipinski definition) is 2. The van der Waals surface area contributed by atoms with Crippen LogP contribution in [0.5, 0.6) is 0 Å². The molecule has 0 bridgehead atoms. The number of H-pyrrole nitrogens is 1. The number of aryl methyl sites for hydroxylation is 1. The molecule has 2 saturated carbocycles. The molecule has 2 aliphatic carbocycles. The fraction of sp³-hybridized carbons (Fsp3) is 0.652. The number of fused-ring (bicyclic) bond motifs is 3. The minimum atomic E-state index is 0.158. The molecule has 0 atom stereocenters. The molecule has 5 nitrogen and oxygen atoms in total. The fourth-order valence-corrected chi connectivity index (χ4v) is 5.27. The smallest absolute Gasteiger partial charge is 0.154 e. The second-order valence-electron chi connectivity index (χ2n) is 9.44. The molecule has 0 radical (unpaired) electrons. The van der Waals surface area contributed by atoms with Crippen LogP contribution in [0.1, 0.15) is 83.7 Å². The van der Waals surface area contributed by atoms with Crippen LogP contribution in [0.4, 0.5) is 0 Å². The van der Waals surface area contributed by atoms with Crippen LogP contribution in [0, 0.1) is 0 Å². The predicted molar refractivity (Wildman–Crippen MR) is 114 cm³/mol. The van der Waals surface area contributed by atoms with Gasteiger partial charge in [0.1, 0.15) is 5.82 Å². The second kappa shape index (κ2) is 6.58. The van der Waals surface area contributed by atoms with E-state index in [0.717, 1.165) is 31.0 Å². The van der Waals surface area contributed by atoms with Crippen LogP contribution in [0.2, 0.25) is 0 Å².